The van der Waals surface area contributed by atoms with Crippen molar-refractivity contribution in [3.8, 4) is 0 Å². The van der Waals surface area contributed by atoms with Crippen LogP contribution in [0.3, 0.4) is 0 Å². The third-order valence-electron chi connectivity index (χ3n) is 3.57. The zero-order valence-electron chi connectivity index (χ0n) is 10.2. The van der Waals surface area contributed by atoms with Crippen LogP contribution in [-0.4, -0.2) is 28.4 Å². The van der Waals surface area contributed by atoms with Gasteiger partial charge in [0.2, 0.25) is 5.95 Å². The maximum Gasteiger partial charge on any atom is 0.226 e. The zero-order valence-corrected chi connectivity index (χ0v) is 11.0. The average molecular weight is 262 g/mol. The molecule has 0 spiro atoms. The highest BCUT2D eigenvalue weighted by molar-refractivity contribution is 6.18. The Bertz CT molecular complexity index is 539. The molecule has 3 nitrogen and oxygen atoms in total. The number of hydrogen-bond acceptors (Lipinski definition) is 3. The van der Waals surface area contributed by atoms with E-state index in [0.717, 1.165) is 23.4 Å². The highest BCUT2D eigenvalue weighted by atomic mass is 35.5. The van der Waals surface area contributed by atoms with Gasteiger partial charge in [-0.2, -0.15) is 0 Å². The molecule has 0 amide bonds. The van der Waals surface area contributed by atoms with Crippen LogP contribution >= 0.6 is 11.6 Å². The van der Waals surface area contributed by atoms with Gasteiger partial charge in [0.25, 0.3) is 0 Å². The fourth-order valence-electron chi connectivity index (χ4n) is 2.34. The minimum atomic E-state index is 0.574. The molecule has 1 saturated carbocycles. The van der Waals surface area contributed by atoms with Gasteiger partial charge in [-0.3, -0.25) is 0 Å². The number of para-hydroxylation sites is 1. The fraction of sp³-hybridized carbons (Fsp3) is 0.429. The van der Waals surface area contributed by atoms with Crippen LogP contribution < -0.4 is 4.90 Å². The molecule has 0 bridgehead atoms. The first kappa shape index (κ1) is 11.7. The minimum Gasteiger partial charge on any atom is -0.337 e. The quantitative estimate of drug-likeness (QED) is 0.792. The van der Waals surface area contributed by atoms with Gasteiger partial charge in [0.05, 0.1) is 5.52 Å². The van der Waals surface area contributed by atoms with E-state index in [0.29, 0.717) is 11.9 Å². The van der Waals surface area contributed by atoms with Crippen molar-refractivity contribution in [1.29, 1.82) is 0 Å². The standard InChI is InChI=1S/C14H16ClN3/c15-8-9-18(12-5-3-6-12)14-16-10-11-4-1-2-7-13(11)17-14/h1-2,4,7,10,12H,3,5-6,8-9H2. The highest BCUT2D eigenvalue weighted by Gasteiger charge is 2.26. The normalized spacial score (nSPS) is 15.6. The van der Waals surface area contributed by atoms with Crippen LogP contribution in [0.25, 0.3) is 10.9 Å². The van der Waals surface area contributed by atoms with E-state index < -0.39 is 0 Å². The Morgan fingerprint density at radius 1 is 1.28 bits per heavy atom. The van der Waals surface area contributed by atoms with Crippen molar-refractivity contribution in [1.82, 2.24) is 9.97 Å². The number of fused-ring (bicyclic) bond motifs is 1. The molecule has 94 valence electrons. The zero-order chi connectivity index (χ0) is 12.4. The summed E-state index contributed by atoms with van der Waals surface area (Å²) in [7, 11) is 0. The van der Waals surface area contributed by atoms with Crippen LogP contribution in [0.15, 0.2) is 30.5 Å². The van der Waals surface area contributed by atoms with E-state index in [9.17, 15) is 0 Å². The average Bonchev–Trinajstić information content (AvgIpc) is 2.35. The number of nitrogens with zero attached hydrogens (tertiary/aromatic N) is 3. The van der Waals surface area contributed by atoms with E-state index in [1.807, 2.05) is 30.5 Å². The molecule has 1 aliphatic carbocycles. The summed E-state index contributed by atoms with van der Waals surface area (Å²) >= 11 is 5.89. The SMILES string of the molecule is ClCCN(c1ncc2ccccc2n1)C1CCC1. The Balaban J connectivity index is 1.95. The minimum absolute atomic E-state index is 0.574. The first-order valence-corrected chi connectivity index (χ1v) is 6.96. The van der Waals surface area contributed by atoms with Crippen LogP contribution in [0.2, 0.25) is 0 Å². The summed E-state index contributed by atoms with van der Waals surface area (Å²) in [5.41, 5.74) is 1.00. The maximum absolute atomic E-state index is 5.89. The molecule has 1 fully saturated rings. The number of alkyl halides is 1. The van der Waals surface area contributed by atoms with Crippen molar-refractivity contribution in [3.63, 3.8) is 0 Å². The molecule has 0 aliphatic heterocycles. The van der Waals surface area contributed by atoms with Gasteiger partial charge in [-0.15, -0.1) is 11.6 Å². The topological polar surface area (TPSA) is 29.0 Å². The van der Waals surface area contributed by atoms with Gasteiger partial charge >= 0.3 is 0 Å². The Hall–Kier alpha value is -1.35. The predicted molar refractivity (Wildman–Crippen MR) is 75.2 cm³/mol. The molecule has 0 saturated heterocycles. The molecular formula is C14H16ClN3. The third-order valence-corrected chi connectivity index (χ3v) is 3.74. The molecule has 0 atom stereocenters. The van der Waals surface area contributed by atoms with Gasteiger partial charge in [0, 0.05) is 30.0 Å². The number of hydrogen-bond donors (Lipinski definition) is 0. The molecule has 2 aromatic rings. The monoisotopic (exact) mass is 261 g/mol. The third kappa shape index (κ3) is 2.15. The summed E-state index contributed by atoms with van der Waals surface area (Å²) in [5, 5.41) is 1.08. The largest absolute Gasteiger partial charge is 0.337 e. The molecule has 1 aromatic heterocycles. The Morgan fingerprint density at radius 2 is 2.11 bits per heavy atom. The summed E-state index contributed by atoms with van der Waals surface area (Å²) in [6.45, 7) is 0.824. The molecular weight excluding hydrogens is 246 g/mol. The molecule has 1 heterocycles. The van der Waals surface area contributed by atoms with Crippen molar-refractivity contribution >= 4 is 28.5 Å². The van der Waals surface area contributed by atoms with Crippen molar-refractivity contribution in [3.05, 3.63) is 30.5 Å². The van der Waals surface area contributed by atoms with Crippen molar-refractivity contribution < 1.29 is 0 Å². The van der Waals surface area contributed by atoms with Crippen LogP contribution in [-0.2, 0) is 0 Å². The number of benzene rings is 1. The summed E-state index contributed by atoms with van der Waals surface area (Å²) in [6, 6.07) is 8.65. The molecule has 0 N–H and O–H groups in total. The smallest absolute Gasteiger partial charge is 0.226 e. The highest BCUT2D eigenvalue weighted by Crippen LogP contribution is 2.28. The summed E-state index contributed by atoms with van der Waals surface area (Å²) in [6.07, 6.45) is 5.66. The summed E-state index contributed by atoms with van der Waals surface area (Å²) < 4.78 is 0. The van der Waals surface area contributed by atoms with Crippen LogP contribution in [0, 0.1) is 0 Å². The van der Waals surface area contributed by atoms with Gasteiger partial charge < -0.3 is 4.90 Å². The van der Waals surface area contributed by atoms with Crippen molar-refractivity contribution in [2.45, 2.75) is 25.3 Å². The second-order valence-electron chi connectivity index (χ2n) is 4.70. The number of aromatic nitrogens is 2. The maximum atomic E-state index is 5.89. The van der Waals surface area contributed by atoms with Gasteiger partial charge in [-0.05, 0) is 25.3 Å². The molecule has 4 heteroatoms. The van der Waals surface area contributed by atoms with E-state index in [2.05, 4.69) is 14.9 Å². The fourth-order valence-corrected chi connectivity index (χ4v) is 2.52. The number of halogens is 1. The second kappa shape index (κ2) is 5.11. The first-order chi connectivity index (χ1) is 8.88. The number of anilines is 1. The summed E-state index contributed by atoms with van der Waals surface area (Å²) in [5.74, 6) is 1.44. The predicted octanol–water partition coefficient (Wildman–Crippen LogP) is 3.23. The molecule has 1 aliphatic rings. The molecule has 0 unspecified atom stereocenters. The van der Waals surface area contributed by atoms with Crippen LogP contribution in [0.1, 0.15) is 19.3 Å². The lowest BCUT2D eigenvalue weighted by molar-refractivity contribution is 0.386. The Labute approximate surface area is 112 Å². The van der Waals surface area contributed by atoms with Crippen LogP contribution in [0.5, 0.6) is 0 Å². The molecule has 0 radical (unpaired) electrons. The molecule has 1 aromatic carbocycles. The lowest BCUT2D eigenvalue weighted by Crippen LogP contribution is -2.42. The van der Waals surface area contributed by atoms with Crippen LogP contribution in [0.4, 0.5) is 5.95 Å². The van der Waals surface area contributed by atoms with Crippen molar-refractivity contribution in [2.75, 3.05) is 17.3 Å². The Morgan fingerprint density at radius 3 is 2.83 bits per heavy atom. The lowest BCUT2D eigenvalue weighted by atomic mass is 9.92. The molecule has 18 heavy (non-hydrogen) atoms. The lowest BCUT2D eigenvalue weighted by Gasteiger charge is -2.37. The van der Waals surface area contributed by atoms with E-state index in [-0.39, 0.29) is 0 Å². The summed E-state index contributed by atoms with van der Waals surface area (Å²) in [4.78, 5) is 11.4. The number of rotatable bonds is 4. The van der Waals surface area contributed by atoms with E-state index in [4.69, 9.17) is 11.6 Å². The van der Waals surface area contributed by atoms with Gasteiger partial charge in [0.1, 0.15) is 0 Å². The van der Waals surface area contributed by atoms with E-state index >= 15 is 0 Å². The molecule has 3 rings (SSSR count). The Kier molecular flexibility index (Phi) is 3.33. The first-order valence-electron chi connectivity index (χ1n) is 6.43. The second-order valence-corrected chi connectivity index (χ2v) is 5.07. The van der Waals surface area contributed by atoms with E-state index in [1.165, 1.54) is 19.3 Å². The van der Waals surface area contributed by atoms with Gasteiger partial charge in [-0.25, -0.2) is 9.97 Å². The van der Waals surface area contributed by atoms with Gasteiger partial charge in [0.15, 0.2) is 0 Å². The van der Waals surface area contributed by atoms with Gasteiger partial charge in [-0.1, -0.05) is 18.2 Å². The van der Waals surface area contributed by atoms with E-state index in [1.54, 1.807) is 0 Å². The van der Waals surface area contributed by atoms with Crippen molar-refractivity contribution in [2.24, 2.45) is 0 Å².